The molecule has 0 aliphatic rings. The fraction of sp³-hybridized carbons (Fsp3) is 0.538. The van der Waals surface area contributed by atoms with Crippen LogP contribution in [0.3, 0.4) is 0 Å². The molecule has 0 heterocycles. The number of benzene rings is 3. The van der Waals surface area contributed by atoms with E-state index in [1.54, 1.807) is 0 Å². The van der Waals surface area contributed by atoms with Gasteiger partial charge in [0, 0.05) is 0 Å². The molecule has 3 aromatic carbocycles. The zero-order chi connectivity index (χ0) is 31.1. The van der Waals surface area contributed by atoms with Crippen LogP contribution in [0, 0.1) is 34.6 Å². The molecule has 3 aromatic rings. The molecule has 234 valence electrons. The van der Waals surface area contributed by atoms with E-state index in [1.807, 2.05) is 115 Å². The minimum Gasteiger partial charge on any atom is -0.0776 e. The molecule has 0 atom stereocenters. The predicted octanol–water partition coefficient (Wildman–Crippen LogP) is 15.1. The molecule has 0 spiro atoms. The lowest BCUT2D eigenvalue weighted by Gasteiger charge is -1.93. The van der Waals surface area contributed by atoms with Gasteiger partial charge in [-0.3, -0.25) is 0 Å². The fourth-order valence-corrected chi connectivity index (χ4v) is 2.00. The third kappa shape index (κ3) is 56.8. The summed E-state index contributed by atoms with van der Waals surface area (Å²) in [4.78, 5) is 0. The first kappa shape index (κ1) is 60.9. The van der Waals surface area contributed by atoms with Crippen molar-refractivity contribution in [3.63, 3.8) is 0 Å². The van der Waals surface area contributed by atoms with Gasteiger partial charge in [-0.25, -0.2) is 0 Å². The Morgan fingerprint density at radius 2 is 0.513 bits per heavy atom. The van der Waals surface area contributed by atoms with Gasteiger partial charge in [0.05, 0.1) is 0 Å². The third-order valence-corrected chi connectivity index (χ3v) is 3.54. The Balaban J connectivity index is -0.0000000396. The highest BCUT2D eigenvalue weighted by Crippen LogP contribution is 2.02. The quantitative estimate of drug-likeness (QED) is 0.263. The number of aryl methyl sites for hydroxylation is 5. The van der Waals surface area contributed by atoms with E-state index >= 15 is 0 Å². The molecule has 0 bridgehead atoms. The first-order valence-corrected chi connectivity index (χ1v) is 15.1. The summed E-state index contributed by atoms with van der Waals surface area (Å²) in [5.41, 5.74) is 6.73. The van der Waals surface area contributed by atoms with Gasteiger partial charge < -0.3 is 0 Å². The van der Waals surface area contributed by atoms with Gasteiger partial charge in [0.25, 0.3) is 0 Å². The van der Waals surface area contributed by atoms with Crippen LogP contribution in [0.1, 0.15) is 140 Å². The Morgan fingerprint density at radius 3 is 0.667 bits per heavy atom. The van der Waals surface area contributed by atoms with E-state index in [9.17, 15) is 0 Å². The van der Waals surface area contributed by atoms with Crippen molar-refractivity contribution in [1.82, 2.24) is 0 Å². The molecule has 0 N–H and O–H groups in total. The maximum Gasteiger partial charge on any atom is -0.0395 e. The second-order valence-corrected chi connectivity index (χ2v) is 5.90. The second kappa shape index (κ2) is 65.1. The monoisotopic (exact) mass is 547 g/mol. The fourth-order valence-electron chi connectivity index (χ4n) is 2.00. The maximum absolute atomic E-state index is 2.17. The van der Waals surface area contributed by atoms with Crippen molar-refractivity contribution >= 4 is 0 Å². The predicted molar refractivity (Wildman–Crippen MR) is 196 cm³/mol. The van der Waals surface area contributed by atoms with Crippen molar-refractivity contribution < 1.29 is 0 Å². The molecule has 0 aliphatic carbocycles. The van der Waals surface area contributed by atoms with Crippen LogP contribution in [-0.4, -0.2) is 0 Å². The van der Waals surface area contributed by atoms with Gasteiger partial charge in [-0.2, -0.15) is 0 Å². The highest BCUT2D eigenvalue weighted by atomic mass is 13.9. The molecule has 0 saturated carbocycles. The molecule has 0 aromatic heterocycles. The van der Waals surface area contributed by atoms with E-state index in [-0.39, 0.29) is 14.9 Å². The number of hydrogen-bond donors (Lipinski definition) is 0. The number of hydrogen-bond acceptors (Lipinski definition) is 0. The Labute approximate surface area is 252 Å². The topological polar surface area (TPSA) is 0 Å². The highest BCUT2D eigenvalue weighted by Gasteiger charge is 1.84. The molecule has 0 amide bonds. The molecule has 0 unspecified atom stereocenters. The summed E-state index contributed by atoms with van der Waals surface area (Å²) < 4.78 is 0. The second-order valence-electron chi connectivity index (χ2n) is 5.90. The molecule has 0 heteroatoms. The van der Waals surface area contributed by atoms with E-state index in [0.717, 1.165) is 0 Å². The molecule has 0 nitrogen and oxygen atoms in total. The smallest absolute Gasteiger partial charge is 0.0395 e. The standard InChI is InChI=1S/2C8H10.C7H8.7C2H6.2CH4/c1-7-4-3-5-8(2)6-7;1-7-5-3-4-6-8(7)2;1-7-5-3-2-4-6-7;7*1-2;;/h2*3-6H,1-2H3;2-6H,1H3;7*1-2H3;2*1H4. The molecular weight excluding hydrogens is 468 g/mol. The molecule has 0 saturated heterocycles. The van der Waals surface area contributed by atoms with Crippen molar-refractivity contribution in [1.29, 1.82) is 0 Å². The highest BCUT2D eigenvalue weighted by molar-refractivity contribution is 5.23. The van der Waals surface area contributed by atoms with Crippen molar-refractivity contribution in [2.45, 2.75) is 146 Å². The van der Waals surface area contributed by atoms with Crippen LogP contribution in [-0.2, 0) is 0 Å². The first-order chi connectivity index (χ1) is 18.0. The molecular formula is C39H78. The molecule has 0 radical (unpaired) electrons. The zero-order valence-electron chi connectivity index (χ0n) is 29.0. The summed E-state index contributed by atoms with van der Waals surface area (Å²) in [7, 11) is 0. The summed E-state index contributed by atoms with van der Waals surface area (Å²) in [5.74, 6) is 0. The van der Waals surface area contributed by atoms with Gasteiger partial charge in [0.15, 0.2) is 0 Å². The van der Waals surface area contributed by atoms with Gasteiger partial charge in [-0.05, 0) is 45.7 Å². The van der Waals surface area contributed by atoms with E-state index < -0.39 is 0 Å². The van der Waals surface area contributed by atoms with Crippen molar-refractivity contribution in [2.24, 2.45) is 0 Å². The first-order valence-electron chi connectivity index (χ1n) is 15.1. The summed E-state index contributed by atoms with van der Waals surface area (Å²) in [6, 6.07) is 27.1. The Kier molecular flexibility index (Phi) is 102. The van der Waals surface area contributed by atoms with Crippen LogP contribution in [0.2, 0.25) is 0 Å². The summed E-state index contributed by atoms with van der Waals surface area (Å²) in [5, 5.41) is 0. The van der Waals surface area contributed by atoms with Crippen LogP contribution in [0.15, 0.2) is 78.9 Å². The van der Waals surface area contributed by atoms with Crippen LogP contribution in [0.5, 0.6) is 0 Å². The van der Waals surface area contributed by atoms with E-state index in [1.165, 1.54) is 27.8 Å². The Morgan fingerprint density at radius 1 is 0.282 bits per heavy atom. The molecule has 39 heavy (non-hydrogen) atoms. The van der Waals surface area contributed by atoms with Gasteiger partial charge in [-0.15, -0.1) is 0 Å². The van der Waals surface area contributed by atoms with Crippen LogP contribution < -0.4 is 0 Å². The molecule has 3 rings (SSSR count). The van der Waals surface area contributed by atoms with E-state index in [2.05, 4.69) is 95.3 Å². The average molecular weight is 547 g/mol. The van der Waals surface area contributed by atoms with E-state index in [0.29, 0.717) is 0 Å². The molecule has 0 fully saturated rings. The molecule has 0 aliphatic heterocycles. The summed E-state index contributed by atoms with van der Waals surface area (Å²) in [6.45, 7) is 38.5. The lowest BCUT2D eigenvalue weighted by Crippen LogP contribution is -1.74. The zero-order valence-corrected chi connectivity index (χ0v) is 29.0. The maximum atomic E-state index is 2.17. The van der Waals surface area contributed by atoms with Gasteiger partial charge in [-0.1, -0.05) is 207 Å². The number of rotatable bonds is 0. The minimum atomic E-state index is 0. The van der Waals surface area contributed by atoms with Crippen molar-refractivity contribution in [3.8, 4) is 0 Å². The minimum absolute atomic E-state index is 0. The third-order valence-electron chi connectivity index (χ3n) is 3.54. The normalized spacial score (nSPS) is 6.44. The van der Waals surface area contributed by atoms with Crippen LogP contribution in [0.25, 0.3) is 0 Å². The van der Waals surface area contributed by atoms with Gasteiger partial charge in [0.1, 0.15) is 0 Å². The lowest BCUT2D eigenvalue weighted by molar-refractivity contribution is 1.34. The van der Waals surface area contributed by atoms with Crippen molar-refractivity contribution in [2.75, 3.05) is 0 Å². The van der Waals surface area contributed by atoms with Crippen LogP contribution in [0.4, 0.5) is 0 Å². The SMILES string of the molecule is C.C.CC.CC.CC.CC.CC.CC.CC.Cc1cccc(C)c1.Cc1ccccc1.Cc1ccccc1C. The largest absolute Gasteiger partial charge is 0.0776 e. The average Bonchev–Trinajstić information content (AvgIpc) is 2.99. The van der Waals surface area contributed by atoms with Crippen molar-refractivity contribution in [3.05, 3.63) is 107 Å². The Bertz CT molecular complexity index is 643. The van der Waals surface area contributed by atoms with Crippen LogP contribution >= 0.6 is 0 Å². The lowest BCUT2D eigenvalue weighted by atomic mass is 10.1. The summed E-state index contributed by atoms with van der Waals surface area (Å²) in [6.07, 6.45) is 0. The summed E-state index contributed by atoms with van der Waals surface area (Å²) >= 11 is 0. The Hall–Kier alpha value is -2.34. The van der Waals surface area contributed by atoms with E-state index in [4.69, 9.17) is 0 Å². The van der Waals surface area contributed by atoms with Gasteiger partial charge in [0.2, 0.25) is 0 Å². The van der Waals surface area contributed by atoms with Gasteiger partial charge >= 0.3 is 0 Å².